The Bertz CT molecular complexity index is 75.8. The molecule has 0 saturated carbocycles. The van der Waals surface area contributed by atoms with E-state index in [0.717, 1.165) is 32.4 Å². The van der Waals surface area contributed by atoms with Gasteiger partial charge in [-0.2, -0.15) is 0 Å². The molecule has 0 amide bonds. The van der Waals surface area contributed by atoms with Crippen molar-refractivity contribution in [3.8, 4) is 0 Å². The Hall–Kier alpha value is 0.130. The molecular weight excluding hydrogens is 190 g/mol. The summed E-state index contributed by atoms with van der Waals surface area (Å²) < 4.78 is 0. The summed E-state index contributed by atoms with van der Waals surface area (Å²) in [4.78, 5) is 5.09. The van der Waals surface area contributed by atoms with Crippen LogP contribution in [-0.2, 0) is 4.84 Å². The van der Waals surface area contributed by atoms with E-state index in [0.29, 0.717) is 13.2 Å². The zero-order valence-electron chi connectivity index (χ0n) is 8.13. The van der Waals surface area contributed by atoms with E-state index >= 15 is 0 Å². The zero-order chi connectivity index (χ0) is 9.07. The number of rotatable bonds is 9. The first-order valence-corrected chi connectivity index (χ1v) is 4.66. The molecule has 13 heavy (non-hydrogen) atoms. The van der Waals surface area contributed by atoms with E-state index in [1.165, 1.54) is 6.42 Å². The van der Waals surface area contributed by atoms with Gasteiger partial charge in [-0.05, 0) is 32.4 Å². The molecule has 0 aromatic heterocycles. The fraction of sp³-hybridized carbons (Fsp3) is 1.00. The van der Waals surface area contributed by atoms with Gasteiger partial charge in [0.1, 0.15) is 0 Å². The molecule has 0 heterocycles. The van der Waals surface area contributed by atoms with Gasteiger partial charge >= 0.3 is 0 Å². The van der Waals surface area contributed by atoms with Crippen molar-refractivity contribution in [2.75, 3.05) is 26.2 Å². The van der Waals surface area contributed by atoms with E-state index in [2.05, 4.69) is 5.48 Å². The second-order valence-electron chi connectivity index (χ2n) is 2.73. The van der Waals surface area contributed by atoms with Gasteiger partial charge in [-0.1, -0.05) is 6.42 Å². The van der Waals surface area contributed by atoms with Crippen LogP contribution in [0, 0.1) is 0 Å². The van der Waals surface area contributed by atoms with Crippen molar-refractivity contribution in [3.05, 3.63) is 0 Å². The molecule has 82 valence electrons. The van der Waals surface area contributed by atoms with Crippen molar-refractivity contribution in [2.24, 2.45) is 11.5 Å². The van der Waals surface area contributed by atoms with Gasteiger partial charge < -0.3 is 16.3 Å². The first-order valence-electron chi connectivity index (χ1n) is 4.66. The highest BCUT2D eigenvalue weighted by Gasteiger charge is 1.88. The molecular formula is C8H22ClN3O. The first-order chi connectivity index (χ1) is 5.91. The number of hydrogen-bond donors (Lipinski definition) is 3. The van der Waals surface area contributed by atoms with Gasteiger partial charge in [0.05, 0.1) is 6.61 Å². The zero-order valence-corrected chi connectivity index (χ0v) is 8.94. The molecule has 0 aliphatic carbocycles. The predicted molar refractivity (Wildman–Crippen MR) is 57.8 cm³/mol. The van der Waals surface area contributed by atoms with Crippen molar-refractivity contribution in [1.82, 2.24) is 5.48 Å². The Labute approximate surface area is 86.7 Å². The van der Waals surface area contributed by atoms with E-state index in [-0.39, 0.29) is 12.4 Å². The van der Waals surface area contributed by atoms with Gasteiger partial charge in [-0.25, -0.2) is 5.48 Å². The highest BCUT2D eigenvalue weighted by Crippen LogP contribution is 1.90. The van der Waals surface area contributed by atoms with Crippen LogP contribution in [0.3, 0.4) is 0 Å². The van der Waals surface area contributed by atoms with E-state index in [4.69, 9.17) is 16.3 Å². The maximum atomic E-state index is 5.34. The molecule has 5 N–H and O–H groups in total. The van der Waals surface area contributed by atoms with E-state index in [1.807, 2.05) is 0 Å². The minimum absolute atomic E-state index is 0. The van der Waals surface area contributed by atoms with Gasteiger partial charge in [-0.15, -0.1) is 12.4 Å². The number of hydrogen-bond acceptors (Lipinski definition) is 4. The number of unbranched alkanes of at least 4 members (excludes halogenated alkanes) is 2. The monoisotopic (exact) mass is 211 g/mol. The van der Waals surface area contributed by atoms with Gasteiger partial charge in [0.2, 0.25) is 0 Å². The van der Waals surface area contributed by atoms with Crippen LogP contribution in [0.5, 0.6) is 0 Å². The third-order valence-corrected chi connectivity index (χ3v) is 1.54. The van der Waals surface area contributed by atoms with Crippen molar-refractivity contribution in [2.45, 2.75) is 25.7 Å². The minimum Gasteiger partial charge on any atom is -0.330 e. The predicted octanol–water partition coefficient (Wildman–Crippen LogP) is 0.407. The van der Waals surface area contributed by atoms with Crippen LogP contribution in [0.25, 0.3) is 0 Å². The van der Waals surface area contributed by atoms with Crippen LogP contribution in [0.1, 0.15) is 25.7 Å². The van der Waals surface area contributed by atoms with Crippen LogP contribution in [-0.4, -0.2) is 26.2 Å². The second kappa shape index (κ2) is 14.6. The Morgan fingerprint density at radius 2 is 1.62 bits per heavy atom. The maximum absolute atomic E-state index is 5.34. The SMILES string of the molecule is Cl.NCCCCCNOCCCN. The molecule has 0 atom stereocenters. The highest BCUT2D eigenvalue weighted by molar-refractivity contribution is 5.85. The normalized spacial score (nSPS) is 9.69. The lowest BCUT2D eigenvalue weighted by Gasteiger charge is -2.04. The second-order valence-corrected chi connectivity index (χ2v) is 2.73. The molecule has 5 heteroatoms. The topological polar surface area (TPSA) is 73.3 Å². The molecule has 0 unspecified atom stereocenters. The number of nitrogens with two attached hydrogens (primary N) is 2. The summed E-state index contributed by atoms with van der Waals surface area (Å²) in [6, 6.07) is 0. The lowest BCUT2D eigenvalue weighted by atomic mass is 10.2. The lowest BCUT2D eigenvalue weighted by Crippen LogP contribution is -2.18. The molecule has 0 fully saturated rings. The molecule has 0 aliphatic heterocycles. The van der Waals surface area contributed by atoms with Crippen molar-refractivity contribution < 1.29 is 4.84 Å². The van der Waals surface area contributed by atoms with Crippen molar-refractivity contribution in [3.63, 3.8) is 0 Å². The summed E-state index contributed by atoms with van der Waals surface area (Å²) in [5.41, 5.74) is 13.5. The Kier molecular flexibility index (Phi) is 17.6. The quantitative estimate of drug-likeness (QED) is 0.382. The summed E-state index contributed by atoms with van der Waals surface area (Å²) in [6.45, 7) is 3.08. The fourth-order valence-electron chi connectivity index (χ4n) is 0.818. The molecule has 4 nitrogen and oxygen atoms in total. The molecule has 0 rings (SSSR count). The van der Waals surface area contributed by atoms with Crippen LogP contribution in [0.15, 0.2) is 0 Å². The molecule has 0 aliphatic rings. The van der Waals surface area contributed by atoms with Gasteiger partial charge in [-0.3, -0.25) is 0 Å². The first kappa shape index (κ1) is 15.6. The van der Waals surface area contributed by atoms with Gasteiger partial charge in [0.25, 0.3) is 0 Å². The Balaban J connectivity index is 0. The third-order valence-electron chi connectivity index (χ3n) is 1.54. The summed E-state index contributed by atoms with van der Waals surface area (Å²) >= 11 is 0. The highest BCUT2D eigenvalue weighted by atomic mass is 35.5. The van der Waals surface area contributed by atoms with Crippen LogP contribution in [0.2, 0.25) is 0 Å². The molecule has 0 saturated heterocycles. The van der Waals surface area contributed by atoms with Crippen molar-refractivity contribution >= 4 is 12.4 Å². The average Bonchev–Trinajstić information content (AvgIpc) is 2.10. The van der Waals surface area contributed by atoms with Crippen LogP contribution < -0.4 is 16.9 Å². The number of hydroxylamine groups is 1. The molecule has 0 aromatic rings. The average molecular weight is 212 g/mol. The van der Waals surface area contributed by atoms with Crippen LogP contribution >= 0.6 is 12.4 Å². The van der Waals surface area contributed by atoms with E-state index in [1.54, 1.807) is 0 Å². The Morgan fingerprint density at radius 1 is 0.923 bits per heavy atom. The number of nitrogens with one attached hydrogen (secondary N) is 1. The summed E-state index contributed by atoms with van der Waals surface area (Å²) in [5.74, 6) is 0. The standard InChI is InChI=1S/C8H21N3O.ClH/c9-5-2-1-3-7-11-12-8-4-6-10;/h11H,1-10H2;1H. The molecule has 0 spiro atoms. The van der Waals surface area contributed by atoms with E-state index < -0.39 is 0 Å². The van der Waals surface area contributed by atoms with Crippen molar-refractivity contribution in [1.29, 1.82) is 0 Å². The minimum atomic E-state index is 0. The van der Waals surface area contributed by atoms with Crippen LogP contribution in [0.4, 0.5) is 0 Å². The maximum Gasteiger partial charge on any atom is 0.0694 e. The summed E-state index contributed by atoms with van der Waals surface area (Å²) in [7, 11) is 0. The Morgan fingerprint density at radius 3 is 2.23 bits per heavy atom. The molecule has 0 aromatic carbocycles. The summed E-state index contributed by atoms with van der Waals surface area (Å²) in [5, 5.41) is 0. The third kappa shape index (κ3) is 14.9. The summed E-state index contributed by atoms with van der Waals surface area (Å²) in [6.07, 6.45) is 4.31. The van der Waals surface area contributed by atoms with Gasteiger partial charge in [0, 0.05) is 6.54 Å². The van der Waals surface area contributed by atoms with E-state index in [9.17, 15) is 0 Å². The number of halogens is 1. The fourth-order valence-corrected chi connectivity index (χ4v) is 0.818. The molecule has 0 bridgehead atoms. The van der Waals surface area contributed by atoms with Gasteiger partial charge in [0.15, 0.2) is 0 Å². The largest absolute Gasteiger partial charge is 0.330 e. The smallest absolute Gasteiger partial charge is 0.0694 e. The molecule has 0 radical (unpaired) electrons. The lowest BCUT2D eigenvalue weighted by molar-refractivity contribution is 0.0398.